The Morgan fingerprint density at radius 2 is 2.32 bits per heavy atom. The maximum Gasteiger partial charge on any atom is 0.371 e. The van der Waals surface area contributed by atoms with Crippen LogP contribution in [0.15, 0.2) is 28.0 Å². The second-order valence-corrected chi connectivity index (χ2v) is 5.60. The Hall–Kier alpha value is -1.59. The highest BCUT2D eigenvalue weighted by Crippen LogP contribution is 2.17. The number of carbonyl (C=O) groups is 1. The number of hydrogen-bond donors (Lipinski definition) is 1. The maximum atomic E-state index is 10.8. The summed E-state index contributed by atoms with van der Waals surface area (Å²) in [5, 5.41) is 11.0. The molecular weight excluding hydrogens is 262 g/mol. The third-order valence-electron chi connectivity index (χ3n) is 2.99. The number of aromatic carboxylic acids is 1. The first-order valence-corrected chi connectivity index (χ1v) is 6.97. The molecule has 102 valence electrons. The highest BCUT2D eigenvalue weighted by Gasteiger charge is 2.14. The third kappa shape index (κ3) is 3.68. The van der Waals surface area contributed by atoms with Crippen LogP contribution in [0, 0.1) is 6.92 Å². The number of furan rings is 1. The molecule has 0 spiro atoms. The fourth-order valence-corrected chi connectivity index (χ4v) is 2.61. The molecule has 0 aliphatic rings. The van der Waals surface area contributed by atoms with Crippen LogP contribution in [0.4, 0.5) is 0 Å². The summed E-state index contributed by atoms with van der Waals surface area (Å²) < 4.78 is 5.20. The second-order valence-electron chi connectivity index (χ2n) is 4.56. The molecule has 0 saturated heterocycles. The number of likely N-dealkylation sites (N-methyl/N-ethyl adjacent to an activating group) is 1. The van der Waals surface area contributed by atoms with E-state index in [0.29, 0.717) is 12.3 Å². The van der Waals surface area contributed by atoms with Crippen molar-refractivity contribution >= 4 is 17.3 Å². The molecule has 2 aromatic heterocycles. The minimum Gasteiger partial charge on any atom is -0.475 e. The quantitative estimate of drug-likeness (QED) is 0.883. The number of carboxylic acid groups (broad SMARTS) is 1. The van der Waals surface area contributed by atoms with Gasteiger partial charge < -0.3 is 14.4 Å². The van der Waals surface area contributed by atoms with Crippen LogP contribution >= 0.6 is 11.3 Å². The van der Waals surface area contributed by atoms with Gasteiger partial charge in [0.15, 0.2) is 0 Å². The third-order valence-corrected chi connectivity index (χ3v) is 3.93. The van der Waals surface area contributed by atoms with Crippen molar-refractivity contribution < 1.29 is 14.3 Å². The van der Waals surface area contributed by atoms with E-state index in [-0.39, 0.29) is 5.76 Å². The van der Waals surface area contributed by atoms with Crippen molar-refractivity contribution in [3.05, 3.63) is 45.5 Å². The summed E-state index contributed by atoms with van der Waals surface area (Å²) in [6.07, 6.45) is 1.01. The maximum absolute atomic E-state index is 10.8. The summed E-state index contributed by atoms with van der Waals surface area (Å²) in [4.78, 5) is 14.4. The lowest BCUT2D eigenvalue weighted by molar-refractivity contribution is 0.0661. The number of hydrogen-bond acceptors (Lipinski definition) is 4. The van der Waals surface area contributed by atoms with Gasteiger partial charge in [0.1, 0.15) is 5.76 Å². The predicted molar refractivity (Wildman–Crippen MR) is 74.8 cm³/mol. The number of carboxylic acids is 1. The van der Waals surface area contributed by atoms with Crippen LogP contribution in [0.3, 0.4) is 0 Å². The van der Waals surface area contributed by atoms with Crippen molar-refractivity contribution in [2.24, 2.45) is 0 Å². The van der Waals surface area contributed by atoms with Gasteiger partial charge in [-0.25, -0.2) is 4.79 Å². The molecule has 2 rings (SSSR count). The Morgan fingerprint density at radius 3 is 2.89 bits per heavy atom. The van der Waals surface area contributed by atoms with E-state index in [4.69, 9.17) is 9.52 Å². The smallest absolute Gasteiger partial charge is 0.371 e. The molecule has 0 aliphatic heterocycles. The van der Waals surface area contributed by atoms with Crippen LogP contribution in [0.5, 0.6) is 0 Å². The zero-order valence-electron chi connectivity index (χ0n) is 11.0. The fourth-order valence-electron chi connectivity index (χ4n) is 1.91. The van der Waals surface area contributed by atoms with Gasteiger partial charge in [-0.05, 0) is 37.9 Å². The molecule has 0 aliphatic carbocycles. The molecule has 4 nitrogen and oxygen atoms in total. The molecule has 0 radical (unpaired) electrons. The van der Waals surface area contributed by atoms with E-state index >= 15 is 0 Å². The lowest BCUT2D eigenvalue weighted by atomic mass is 10.2. The average Bonchev–Trinajstić information content (AvgIpc) is 2.97. The predicted octanol–water partition coefficient (Wildman–Crippen LogP) is 3.02. The van der Waals surface area contributed by atoms with E-state index in [2.05, 4.69) is 22.4 Å². The second kappa shape index (κ2) is 6.04. The standard InChI is InChI=1S/C14H17NO3S/c1-10-11(8-13(18-10)14(16)17)9-15(2)6-5-12-4-3-7-19-12/h3-4,7-8H,5-6,9H2,1-2H3,(H,16,17). The molecular formula is C14H17NO3S. The topological polar surface area (TPSA) is 53.7 Å². The van der Waals surface area contributed by atoms with Crippen molar-refractivity contribution in [1.29, 1.82) is 0 Å². The summed E-state index contributed by atoms with van der Waals surface area (Å²) in [5.74, 6) is -0.324. The number of thiophene rings is 1. The molecule has 5 heteroatoms. The van der Waals surface area contributed by atoms with Crippen LogP contribution < -0.4 is 0 Å². The molecule has 0 saturated carbocycles. The zero-order valence-corrected chi connectivity index (χ0v) is 11.9. The molecule has 19 heavy (non-hydrogen) atoms. The van der Waals surface area contributed by atoms with Crippen LogP contribution in [0.2, 0.25) is 0 Å². The molecule has 0 fully saturated rings. The fraction of sp³-hybridized carbons (Fsp3) is 0.357. The summed E-state index contributed by atoms with van der Waals surface area (Å²) >= 11 is 1.76. The first-order valence-electron chi connectivity index (χ1n) is 6.10. The molecule has 0 atom stereocenters. The minimum absolute atomic E-state index is 0.0131. The molecule has 0 amide bonds. The van der Waals surface area contributed by atoms with Gasteiger partial charge in [-0.15, -0.1) is 11.3 Å². The summed E-state index contributed by atoms with van der Waals surface area (Å²) in [6.45, 7) is 3.44. The van der Waals surface area contributed by atoms with E-state index in [1.807, 2.05) is 7.05 Å². The first kappa shape index (κ1) is 13.8. The van der Waals surface area contributed by atoms with Gasteiger partial charge in [0.25, 0.3) is 0 Å². The monoisotopic (exact) mass is 279 g/mol. The molecule has 0 bridgehead atoms. The lowest BCUT2D eigenvalue weighted by Gasteiger charge is -2.15. The van der Waals surface area contributed by atoms with Crippen molar-refractivity contribution in [3.8, 4) is 0 Å². The zero-order chi connectivity index (χ0) is 13.8. The largest absolute Gasteiger partial charge is 0.475 e. The highest BCUT2D eigenvalue weighted by molar-refractivity contribution is 7.09. The van der Waals surface area contributed by atoms with Crippen molar-refractivity contribution in [2.45, 2.75) is 19.9 Å². The summed E-state index contributed by atoms with van der Waals surface area (Å²) in [6, 6.07) is 5.79. The molecule has 2 aromatic rings. The minimum atomic E-state index is -1.02. The lowest BCUT2D eigenvalue weighted by Crippen LogP contribution is -2.20. The van der Waals surface area contributed by atoms with E-state index in [1.165, 1.54) is 4.88 Å². The van der Waals surface area contributed by atoms with Gasteiger partial charge >= 0.3 is 5.97 Å². The Balaban J connectivity index is 1.91. The normalized spacial score (nSPS) is 11.1. The van der Waals surface area contributed by atoms with Gasteiger partial charge in [-0.3, -0.25) is 0 Å². The van der Waals surface area contributed by atoms with Crippen LogP contribution in [0.25, 0.3) is 0 Å². The van der Waals surface area contributed by atoms with Gasteiger partial charge in [0.2, 0.25) is 5.76 Å². The van der Waals surface area contributed by atoms with Crippen molar-refractivity contribution in [1.82, 2.24) is 4.90 Å². The van der Waals surface area contributed by atoms with Gasteiger partial charge in [-0.2, -0.15) is 0 Å². The van der Waals surface area contributed by atoms with Gasteiger partial charge in [0, 0.05) is 23.5 Å². The van der Waals surface area contributed by atoms with Crippen molar-refractivity contribution in [3.63, 3.8) is 0 Å². The molecule has 0 aromatic carbocycles. The van der Waals surface area contributed by atoms with Gasteiger partial charge in [0.05, 0.1) is 0 Å². The first-order chi connectivity index (χ1) is 9.06. The number of nitrogens with zero attached hydrogens (tertiary/aromatic N) is 1. The van der Waals surface area contributed by atoms with Crippen molar-refractivity contribution in [2.75, 3.05) is 13.6 Å². The van der Waals surface area contributed by atoms with E-state index < -0.39 is 5.97 Å². The Morgan fingerprint density at radius 1 is 1.53 bits per heavy atom. The highest BCUT2D eigenvalue weighted by atomic mass is 32.1. The molecule has 2 heterocycles. The van der Waals surface area contributed by atoms with E-state index in [1.54, 1.807) is 24.3 Å². The summed E-state index contributed by atoms with van der Waals surface area (Å²) in [5.41, 5.74) is 0.936. The van der Waals surface area contributed by atoms with Crippen LogP contribution in [0.1, 0.15) is 26.8 Å². The summed E-state index contributed by atoms with van der Waals surface area (Å²) in [7, 11) is 2.03. The van der Waals surface area contributed by atoms with Gasteiger partial charge in [-0.1, -0.05) is 6.07 Å². The van der Waals surface area contributed by atoms with Crippen LogP contribution in [-0.2, 0) is 13.0 Å². The van der Waals surface area contributed by atoms with E-state index in [0.717, 1.165) is 18.5 Å². The Labute approximate surface area is 116 Å². The SMILES string of the molecule is Cc1oc(C(=O)O)cc1CN(C)CCc1cccs1. The number of rotatable bonds is 6. The van der Waals surface area contributed by atoms with E-state index in [9.17, 15) is 4.79 Å². The Kier molecular flexibility index (Phi) is 4.39. The molecule has 1 N–H and O–H groups in total. The van der Waals surface area contributed by atoms with Crippen LogP contribution in [-0.4, -0.2) is 29.6 Å². The molecule has 0 unspecified atom stereocenters. The number of aryl methyl sites for hydroxylation is 1. The average molecular weight is 279 g/mol. The Bertz CT molecular complexity index is 545.